The molecule has 0 spiro atoms. The van der Waals surface area contributed by atoms with Gasteiger partial charge < -0.3 is 27.0 Å². The van der Waals surface area contributed by atoms with Crippen molar-refractivity contribution in [3.05, 3.63) is 429 Å². The van der Waals surface area contributed by atoms with Gasteiger partial charge in [0, 0.05) is 77.4 Å². The summed E-state index contributed by atoms with van der Waals surface area (Å²) in [5, 5.41) is 6.54. The molecule has 0 atom stereocenters. The average Bonchev–Trinajstić information content (AvgIpc) is 1.65. The molecule has 0 aliphatic rings. The van der Waals surface area contributed by atoms with Crippen molar-refractivity contribution in [1.29, 1.82) is 0 Å². The van der Waals surface area contributed by atoms with Crippen LogP contribution in [0.1, 0.15) is 66.4 Å². The minimum atomic E-state index is -2.55. The monoisotopic (exact) mass is 2630 g/mol. The molecule has 0 aliphatic heterocycles. The molecule has 729 valence electrons. The first-order valence-corrected chi connectivity index (χ1v) is 69.6. The first-order valence-electron chi connectivity index (χ1n) is 53.6. The normalized spacial score (nSPS) is 12.9. The maximum absolute atomic E-state index is 8.61. The zero-order chi connectivity index (χ0) is 109. The van der Waals surface area contributed by atoms with Crippen molar-refractivity contribution in [2.45, 2.75) is 106 Å². The molecule has 10 aromatic heterocycles. The number of hydrogen-bond acceptors (Lipinski definition) is 10. The Morgan fingerprint density at radius 1 is 0.338 bits per heavy atom. The van der Waals surface area contributed by atoms with E-state index in [1.165, 1.54) is 26.5 Å². The molecule has 24 aromatic rings. The molecule has 0 N–H and O–H groups in total. The van der Waals surface area contributed by atoms with Gasteiger partial charge in [0.15, 0.2) is 0 Å². The standard InChI is InChI=1S/3C25H15N2O.C19H26GeN.C17H23GeN2.C15H18GeN.3Ir/c3*1-2-8-18(9-3-1)27-22-12-6-5-11-21(22)26-25(27)17-14-15-20-19-10-4-7-13-23(19)28-24(20)16-17;1-14(2)11-17-12-19(16-9-7-15(3)8-10-16)21-13-18(17)20(4,5)6;1-13(2)10-15-11-17(14-6-8-19-9-7-14)20-12-16(15)18(3,4)5;1-12-5-7-13(8-6-12)15-10-9-14(11-17-15)16(2,3)4;;;/h3*1-13,15-16H;7-9,12-14H,11H2,1-6H3;6,8-9,11-13H,10H2,1-5H3;5-7,9-11H,1-4H3;;;/q6*-1;;;/i;;;3D3,7D,8D,11D2;;1D3,5D,6D;;;. The van der Waals surface area contributed by atoms with Gasteiger partial charge in [-0.05, 0) is 107 Å². The summed E-state index contributed by atoms with van der Waals surface area (Å²) >= 11 is -6.22. The molecule has 0 fully saturated rings. The Kier molecular flexibility index (Phi) is 28.6. The van der Waals surface area contributed by atoms with Crippen molar-refractivity contribution >= 4 is 152 Å². The van der Waals surface area contributed by atoms with Gasteiger partial charge in [0.05, 0.1) is 67.3 Å². The van der Waals surface area contributed by atoms with Gasteiger partial charge in [-0.25, -0.2) is 0 Å². The Bertz CT molecular complexity index is 8650. The van der Waals surface area contributed by atoms with Crippen LogP contribution in [0.25, 0.3) is 184 Å². The van der Waals surface area contributed by atoms with E-state index >= 15 is 0 Å². The van der Waals surface area contributed by atoms with E-state index in [9.17, 15) is 0 Å². The second-order valence-corrected chi connectivity index (χ2v) is 70.5. The topological polar surface area (TPSA) is 144 Å². The number of benzene rings is 14. The van der Waals surface area contributed by atoms with Crippen molar-refractivity contribution in [1.82, 2.24) is 48.6 Å². The van der Waals surface area contributed by atoms with E-state index in [0.717, 1.165) is 172 Å². The summed E-state index contributed by atoms with van der Waals surface area (Å²) in [4.78, 5) is 32.3. The van der Waals surface area contributed by atoms with E-state index in [2.05, 4.69) is 221 Å². The quantitative estimate of drug-likeness (QED) is 0.0677. The minimum absolute atomic E-state index is 0. The number of aromatic nitrogens is 10. The fraction of sp³-hybridized carbons (Fsp3) is 0.151. The summed E-state index contributed by atoms with van der Waals surface area (Å²) in [6, 6.07) is 122. The Labute approximate surface area is 914 Å². The molecule has 14 aromatic carbocycles. The third-order valence-corrected chi connectivity index (χ3v) is 37.2. The average molecular weight is 2620 g/mol. The molecule has 0 amide bonds. The molecule has 13 nitrogen and oxygen atoms in total. The van der Waals surface area contributed by atoms with Gasteiger partial charge >= 0.3 is 379 Å². The molecule has 0 bridgehead atoms. The van der Waals surface area contributed by atoms with Crippen LogP contribution in [-0.4, -0.2) is 88.4 Å². The maximum Gasteiger partial charge on any atom is 0.123 e. The van der Waals surface area contributed by atoms with Gasteiger partial charge in [-0.1, -0.05) is 180 Å². The van der Waals surface area contributed by atoms with Crippen LogP contribution in [0.2, 0.25) is 51.8 Å². The van der Waals surface area contributed by atoms with Gasteiger partial charge in [-0.2, -0.15) is 0 Å². The number of imidazole rings is 3. The zero-order valence-corrected chi connectivity index (χ0v) is 95.9. The third kappa shape index (κ3) is 23.9. The van der Waals surface area contributed by atoms with Crippen molar-refractivity contribution < 1.29 is 90.0 Å². The molecule has 10 heterocycles. The van der Waals surface area contributed by atoms with Crippen LogP contribution in [0.15, 0.2) is 384 Å². The molecule has 145 heavy (non-hydrogen) atoms. The molecular formula is C126H112Ge3Ir3N10O3-6. The second kappa shape index (κ2) is 46.2. The first-order chi connectivity index (χ1) is 73.6. The van der Waals surface area contributed by atoms with Crippen molar-refractivity contribution in [2.75, 3.05) is 0 Å². The number of hydrogen-bond donors (Lipinski definition) is 0. The van der Waals surface area contributed by atoms with Crippen molar-refractivity contribution in [2.24, 2.45) is 11.8 Å². The van der Waals surface area contributed by atoms with Crippen LogP contribution in [0.5, 0.6) is 0 Å². The third-order valence-electron chi connectivity index (χ3n) is 24.4. The summed E-state index contributed by atoms with van der Waals surface area (Å²) < 4.78 is 122. The fourth-order valence-electron chi connectivity index (χ4n) is 17.5. The van der Waals surface area contributed by atoms with E-state index in [0.29, 0.717) is 34.0 Å². The predicted molar refractivity (Wildman–Crippen MR) is 597 cm³/mol. The summed E-state index contributed by atoms with van der Waals surface area (Å²) in [7, 11) is 0. The van der Waals surface area contributed by atoms with Crippen LogP contribution in [-0.2, 0) is 73.1 Å². The van der Waals surface area contributed by atoms with Gasteiger partial charge in [0.2, 0.25) is 0 Å². The molecule has 24 rings (SSSR count). The molecule has 3 radical (unpaired) electrons. The summed E-state index contributed by atoms with van der Waals surface area (Å²) in [5.41, 5.74) is 22.6. The van der Waals surface area contributed by atoms with E-state index in [-0.39, 0.29) is 102 Å². The number of nitrogens with zero attached hydrogens (tertiary/aromatic N) is 10. The van der Waals surface area contributed by atoms with Gasteiger partial charge in [-0.15, -0.1) is 53.1 Å². The summed E-state index contributed by atoms with van der Waals surface area (Å²) in [6.45, 7) is 3.19. The minimum Gasteiger partial charge on any atom is -0.476 e. The Morgan fingerprint density at radius 2 is 0.697 bits per heavy atom. The van der Waals surface area contributed by atoms with Gasteiger partial charge in [0.25, 0.3) is 0 Å². The van der Waals surface area contributed by atoms with E-state index < -0.39 is 59.9 Å². The van der Waals surface area contributed by atoms with Crippen LogP contribution >= 0.6 is 0 Å². The Hall–Kier alpha value is -12.9. The molecule has 0 saturated carbocycles. The molecule has 0 unspecified atom stereocenters. The van der Waals surface area contributed by atoms with Crippen molar-refractivity contribution in [3.8, 4) is 85.0 Å². The number of pyridine rings is 4. The van der Waals surface area contributed by atoms with Gasteiger partial charge in [-0.3, -0.25) is 15.0 Å². The van der Waals surface area contributed by atoms with Crippen LogP contribution < -0.4 is 13.2 Å². The van der Waals surface area contributed by atoms with Gasteiger partial charge in [0.1, 0.15) is 16.7 Å². The molecule has 0 aliphatic carbocycles. The number of rotatable bonds is 16. The zero-order valence-electron chi connectivity index (χ0n) is 94.5. The smallest absolute Gasteiger partial charge is 0.123 e. The first kappa shape index (κ1) is 89.7. The fourth-order valence-corrected chi connectivity index (χ4v) is 26.0. The number of fused-ring (bicyclic) bond motifs is 12. The summed E-state index contributed by atoms with van der Waals surface area (Å²) in [6.07, 6.45) is 8.73. The van der Waals surface area contributed by atoms with Crippen molar-refractivity contribution in [3.63, 3.8) is 0 Å². The summed E-state index contributed by atoms with van der Waals surface area (Å²) in [5.74, 6) is 23.6. The molecular weight excluding hydrogens is 2500 g/mol. The molecule has 19 heteroatoms. The van der Waals surface area contributed by atoms with E-state index in [4.69, 9.17) is 44.7 Å². The largest absolute Gasteiger partial charge is 0.476 e. The van der Waals surface area contributed by atoms with E-state index in [1.807, 2.05) is 238 Å². The number of furan rings is 3. The second-order valence-electron chi connectivity index (χ2n) is 38.7. The van der Waals surface area contributed by atoms with E-state index in [1.54, 1.807) is 24.7 Å². The Morgan fingerprint density at radius 3 is 1.05 bits per heavy atom. The maximum atomic E-state index is 8.61. The number of para-hydroxylation sites is 12. The Balaban J connectivity index is 0.000000133. The predicted octanol–water partition coefficient (Wildman–Crippen LogP) is 30.9. The SMILES string of the molecule is CC(C)Cc1cc(-c2[c-]cncc2)nc[c]1[Ge]([CH3])([CH3])[CH3].[2H]c1[c-]c(-c2cc(C([2H])([2H])C(C)C)[c]([Ge]([CH3])([CH3])[CH3])cn2)cc([2H])c1C([2H])([2H])[2H].[2H]c1[c-]c(-c2cc[c]([Ge]([CH3])([CH3])[CH3])cn2)cc([2H])c1C([2H])([2H])[2H].[Ir].[Ir].[Ir].[c-]1cc2c(cc1-c1nc3ccccc3n1-c1ccccc1)oc1ccccc12.[c-]1cc2c(cc1-c1nc3ccccc3n1-c1ccccc1)oc1ccccc12.[c-]1cc2c(cc1-c1nc3ccccc3n1-c1ccccc1)oc1ccccc12. The van der Waals surface area contributed by atoms with Crippen LogP contribution in [0.4, 0.5) is 0 Å². The van der Waals surface area contributed by atoms with Crippen LogP contribution in [0.3, 0.4) is 0 Å². The molecule has 0 saturated heterocycles. The van der Waals surface area contributed by atoms with Crippen LogP contribution in [0, 0.1) is 61.9 Å².